The van der Waals surface area contributed by atoms with Crippen LogP contribution in [0.5, 0.6) is 0 Å². The molecule has 1 heterocycles. The lowest BCUT2D eigenvalue weighted by molar-refractivity contribution is -0.117. The van der Waals surface area contributed by atoms with Gasteiger partial charge in [-0.25, -0.2) is 0 Å². The first-order chi connectivity index (χ1) is 7.22. The van der Waals surface area contributed by atoms with Crippen LogP contribution in [0.3, 0.4) is 0 Å². The second kappa shape index (κ2) is 3.90. The molecule has 1 aromatic carbocycles. The molecular weight excluding hydrogens is 190 g/mol. The number of fused-ring (bicyclic) bond motifs is 1. The maximum Gasteiger partial charge on any atom is 0.231 e. The first-order valence-electron chi connectivity index (χ1n) is 5.06. The van der Waals surface area contributed by atoms with Gasteiger partial charge in [0, 0.05) is 31.5 Å². The molecule has 0 unspecified atom stereocenters. The smallest absolute Gasteiger partial charge is 0.231 e. The lowest BCUT2D eigenvalue weighted by Crippen LogP contribution is -2.20. The molecule has 0 bridgehead atoms. The van der Waals surface area contributed by atoms with Crippen LogP contribution >= 0.6 is 0 Å². The number of hydrogen-bond acceptors (Lipinski definition) is 3. The Bertz CT molecular complexity index is 389. The molecule has 0 radical (unpaired) electrons. The standard InChI is InChI=1S/C11H15N3O/c1-14-10-3-2-9(13-5-4-12)6-8(10)7-11(14)15/h2-3,6,13H,4-5,7,12H2,1H3. The van der Waals surface area contributed by atoms with Crippen molar-refractivity contribution in [2.75, 3.05) is 30.4 Å². The molecule has 0 saturated heterocycles. The normalized spacial score (nSPS) is 14.3. The van der Waals surface area contributed by atoms with Crippen LogP contribution in [0.25, 0.3) is 0 Å². The molecule has 2 rings (SSSR count). The molecule has 0 atom stereocenters. The molecule has 0 fully saturated rings. The number of rotatable bonds is 3. The zero-order chi connectivity index (χ0) is 10.8. The van der Waals surface area contributed by atoms with Crippen LogP contribution in [-0.2, 0) is 11.2 Å². The number of nitrogens with two attached hydrogens (primary N) is 1. The average molecular weight is 205 g/mol. The van der Waals surface area contributed by atoms with E-state index in [0.29, 0.717) is 13.0 Å². The van der Waals surface area contributed by atoms with E-state index in [1.54, 1.807) is 11.9 Å². The first kappa shape index (κ1) is 9.98. The molecule has 80 valence electrons. The highest BCUT2D eigenvalue weighted by molar-refractivity contribution is 6.01. The Balaban J connectivity index is 2.22. The number of benzene rings is 1. The number of carbonyl (C=O) groups is 1. The highest BCUT2D eigenvalue weighted by Crippen LogP contribution is 2.29. The summed E-state index contributed by atoms with van der Waals surface area (Å²) in [6.45, 7) is 1.36. The van der Waals surface area contributed by atoms with Crippen LogP contribution in [0.4, 0.5) is 11.4 Å². The predicted molar refractivity (Wildman–Crippen MR) is 61.1 cm³/mol. The molecular formula is C11H15N3O. The Morgan fingerprint density at radius 1 is 1.53 bits per heavy atom. The van der Waals surface area contributed by atoms with Gasteiger partial charge in [0.05, 0.1) is 6.42 Å². The monoisotopic (exact) mass is 205 g/mol. The van der Waals surface area contributed by atoms with Gasteiger partial charge in [-0.1, -0.05) is 0 Å². The number of nitrogens with one attached hydrogen (secondary N) is 1. The van der Waals surface area contributed by atoms with Crippen molar-refractivity contribution in [3.63, 3.8) is 0 Å². The fourth-order valence-corrected chi connectivity index (χ4v) is 1.80. The second-order valence-electron chi connectivity index (χ2n) is 3.69. The van der Waals surface area contributed by atoms with Gasteiger partial charge in [0.25, 0.3) is 0 Å². The van der Waals surface area contributed by atoms with Crippen molar-refractivity contribution >= 4 is 17.3 Å². The van der Waals surface area contributed by atoms with E-state index in [-0.39, 0.29) is 5.91 Å². The van der Waals surface area contributed by atoms with Gasteiger partial charge in [-0.2, -0.15) is 0 Å². The fourth-order valence-electron chi connectivity index (χ4n) is 1.80. The molecule has 0 aromatic heterocycles. The molecule has 0 spiro atoms. The number of nitrogens with zero attached hydrogens (tertiary/aromatic N) is 1. The summed E-state index contributed by atoms with van der Waals surface area (Å²) in [7, 11) is 1.81. The molecule has 1 aliphatic heterocycles. The maximum atomic E-state index is 11.4. The highest BCUT2D eigenvalue weighted by Gasteiger charge is 2.23. The number of hydrogen-bond donors (Lipinski definition) is 2. The van der Waals surface area contributed by atoms with E-state index < -0.39 is 0 Å². The molecule has 0 saturated carbocycles. The molecule has 1 amide bonds. The summed E-state index contributed by atoms with van der Waals surface area (Å²) in [6.07, 6.45) is 0.504. The van der Waals surface area contributed by atoms with Gasteiger partial charge in [0.1, 0.15) is 0 Å². The van der Waals surface area contributed by atoms with Crippen LogP contribution in [0, 0.1) is 0 Å². The third kappa shape index (κ3) is 1.80. The van der Waals surface area contributed by atoms with E-state index in [1.807, 2.05) is 18.2 Å². The maximum absolute atomic E-state index is 11.4. The van der Waals surface area contributed by atoms with Crippen LogP contribution in [0.2, 0.25) is 0 Å². The van der Waals surface area contributed by atoms with Gasteiger partial charge in [0.15, 0.2) is 0 Å². The summed E-state index contributed by atoms with van der Waals surface area (Å²) in [5.41, 5.74) is 8.54. The fraction of sp³-hybridized carbons (Fsp3) is 0.364. The average Bonchev–Trinajstić information content (AvgIpc) is 2.52. The molecule has 1 aliphatic rings. The lowest BCUT2D eigenvalue weighted by Gasteiger charge is -2.11. The Morgan fingerprint density at radius 2 is 2.33 bits per heavy atom. The van der Waals surface area contributed by atoms with E-state index in [0.717, 1.165) is 23.5 Å². The van der Waals surface area contributed by atoms with Gasteiger partial charge < -0.3 is 16.0 Å². The van der Waals surface area contributed by atoms with Crippen LogP contribution in [-0.4, -0.2) is 26.0 Å². The van der Waals surface area contributed by atoms with Crippen molar-refractivity contribution in [3.8, 4) is 0 Å². The minimum absolute atomic E-state index is 0.154. The summed E-state index contributed by atoms with van der Waals surface area (Å²) in [5.74, 6) is 0.154. The topological polar surface area (TPSA) is 58.4 Å². The summed E-state index contributed by atoms with van der Waals surface area (Å²) in [4.78, 5) is 13.1. The third-order valence-electron chi connectivity index (χ3n) is 2.63. The van der Waals surface area contributed by atoms with Crippen LogP contribution in [0.15, 0.2) is 18.2 Å². The van der Waals surface area contributed by atoms with Crippen molar-refractivity contribution in [1.82, 2.24) is 0 Å². The van der Waals surface area contributed by atoms with Gasteiger partial charge in [0.2, 0.25) is 5.91 Å². The van der Waals surface area contributed by atoms with Crippen LogP contribution in [0.1, 0.15) is 5.56 Å². The zero-order valence-electron chi connectivity index (χ0n) is 8.79. The minimum atomic E-state index is 0.154. The Hall–Kier alpha value is -1.55. The van der Waals surface area contributed by atoms with E-state index >= 15 is 0 Å². The van der Waals surface area contributed by atoms with E-state index in [4.69, 9.17) is 5.73 Å². The SMILES string of the molecule is CN1C(=O)Cc2cc(NCCN)ccc21. The number of carbonyl (C=O) groups excluding carboxylic acids is 1. The van der Waals surface area contributed by atoms with Crippen molar-refractivity contribution in [2.24, 2.45) is 5.73 Å². The molecule has 1 aromatic rings. The van der Waals surface area contributed by atoms with Gasteiger partial charge in [-0.05, 0) is 23.8 Å². The number of anilines is 2. The van der Waals surface area contributed by atoms with Crippen LogP contribution < -0.4 is 16.0 Å². The van der Waals surface area contributed by atoms with E-state index in [2.05, 4.69) is 5.32 Å². The highest BCUT2D eigenvalue weighted by atomic mass is 16.2. The Kier molecular flexibility index (Phi) is 2.60. The number of amides is 1. The number of likely N-dealkylation sites (N-methyl/N-ethyl adjacent to an activating group) is 1. The Labute approximate surface area is 89.1 Å². The van der Waals surface area contributed by atoms with Crippen molar-refractivity contribution < 1.29 is 4.79 Å². The molecule has 0 aliphatic carbocycles. The summed E-state index contributed by atoms with van der Waals surface area (Å²) >= 11 is 0. The summed E-state index contributed by atoms with van der Waals surface area (Å²) in [6, 6.07) is 5.97. The zero-order valence-corrected chi connectivity index (χ0v) is 8.79. The second-order valence-corrected chi connectivity index (χ2v) is 3.69. The van der Waals surface area contributed by atoms with Crippen molar-refractivity contribution in [1.29, 1.82) is 0 Å². The van der Waals surface area contributed by atoms with E-state index in [1.165, 1.54) is 0 Å². The largest absolute Gasteiger partial charge is 0.384 e. The Morgan fingerprint density at radius 3 is 3.07 bits per heavy atom. The van der Waals surface area contributed by atoms with Gasteiger partial charge in [-0.15, -0.1) is 0 Å². The minimum Gasteiger partial charge on any atom is -0.384 e. The van der Waals surface area contributed by atoms with E-state index in [9.17, 15) is 4.79 Å². The molecule has 15 heavy (non-hydrogen) atoms. The van der Waals surface area contributed by atoms with Crippen molar-refractivity contribution in [3.05, 3.63) is 23.8 Å². The van der Waals surface area contributed by atoms with Gasteiger partial charge >= 0.3 is 0 Å². The third-order valence-corrected chi connectivity index (χ3v) is 2.63. The molecule has 4 heteroatoms. The summed E-state index contributed by atoms with van der Waals surface area (Å²) < 4.78 is 0. The first-order valence-corrected chi connectivity index (χ1v) is 5.06. The quantitative estimate of drug-likeness (QED) is 0.758. The van der Waals surface area contributed by atoms with Crippen molar-refractivity contribution in [2.45, 2.75) is 6.42 Å². The lowest BCUT2D eigenvalue weighted by atomic mass is 10.1. The summed E-state index contributed by atoms with van der Waals surface area (Å²) in [5, 5.41) is 3.20. The molecule has 4 nitrogen and oxygen atoms in total. The van der Waals surface area contributed by atoms with Gasteiger partial charge in [-0.3, -0.25) is 4.79 Å². The molecule has 3 N–H and O–H groups in total. The predicted octanol–water partition coefficient (Wildman–Crippen LogP) is 0.576.